The fraction of sp³-hybridized carbons (Fsp3) is 0.200. The SMILES string of the molecule is Cc1cccc(C(=O)N[C@H](C)C(=O)Nc2ccsc2)c1. The van der Waals surface area contributed by atoms with Crippen LogP contribution in [0.5, 0.6) is 0 Å². The van der Waals surface area contributed by atoms with E-state index < -0.39 is 6.04 Å². The van der Waals surface area contributed by atoms with E-state index in [9.17, 15) is 9.59 Å². The van der Waals surface area contributed by atoms with Gasteiger partial charge in [-0.1, -0.05) is 17.7 Å². The van der Waals surface area contributed by atoms with E-state index in [4.69, 9.17) is 0 Å². The Labute approximate surface area is 121 Å². The van der Waals surface area contributed by atoms with Crippen molar-refractivity contribution in [3.63, 3.8) is 0 Å². The molecule has 0 saturated heterocycles. The smallest absolute Gasteiger partial charge is 0.251 e. The molecule has 1 aromatic heterocycles. The highest BCUT2D eigenvalue weighted by Gasteiger charge is 2.16. The molecule has 0 aliphatic carbocycles. The van der Waals surface area contributed by atoms with E-state index in [0.29, 0.717) is 5.56 Å². The molecular weight excluding hydrogens is 272 g/mol. The van der Waals surface area contributed by atoms with E-state index in [2.05, 4.69) is 10.6 Å². The molecule has 2 aromatic rings. The lowest BCUT2D eigenvalue weighted by Gasteiger charge is -2.13. The van der Waals surface area contributed by atoms with Gasteiger partial charge in [0.25, 0.3) is 5.91 Å². The Kier molecular flexibility index (Phi) is 4.53. The molecular formula is C15H16N2O2S. The zero-order valence-electron chi connectivity index (χ0n) is 11.3. The molecule has 0 spiro atoms. The summed E-state index contributed by atoms with van der Waals surface area (Å²) in [4.78, 5) is 23.9. The first-order valence-electron chi connectivity index (χ1n) is 6.27. The number of hydrogen-bond acceptors (Lipinski definition) is 3. The minimum absolute atomic E-state index is 0.232. The average Bonchev–Trinajstić information content (AvgIpc) is 2.91. The maximum absolute atomic E-state index is 12.0. The van der Waals surface area contributed by atoms with Crippen molar-refractivity contribution >= 4 is 28.8 Å². The van der Waals surface area contributed by atoms with Gasteiger partial charge in [0.15, 0.2) is 0 Å². The molecule has 2 N–H and O–H groups in total. The van der Waals surface area contributed by atoms with E-state index in [-0.39, 0.29) is 11.8 Å². The summed E-state index contributed by atoms with van der Waals surface area (Å²) in [5.74, 6) is -0.480. The number of aryl methyl sites for hydroxylation is 1. The molecule has 1 heterocycles. The lowest BCUT2D eigenvalue weighted by molar-refractivity contribution is -0.117. The number of thiophene rings is 1. The summed E-state index contributed by atoms with van der Waals surface area (Å²) in [6, 6.07) is 8.48. The predicted octanol–water partition coefficient (Wildman–Crippen LogP) is 2.81. The lowest BCUT2D eigenvalue weighted by Crippen LogP contribution is -2.41. The monoisotopic (exact) mass is 288 g/mol. The largest absolute Gasteiger partial charge is 0.341 e. The normalized spacial score (nSPS) is 11.7. The van der Waals surface area contributed by atoms with Gasteiger partial charge in [-0.3, -0.25) is 9.59 Å². The number of nitrogens with one attached hydrogen (secondary N) is 2. The molecule has 0 fully saturated rings. The number of amides is 2. The van der Waals surface area contributed by atoms with Crippen LogP contribution in [0.2, 0.25) is 0 Å². The van der Waals surface area contributed by atoms with Crippen molar-refractivity contribution in [2.45, 2.75) is 19.9 Å². The van der Waals surface area contributed by atoms with Crippen molar-refractivity contribution in [2.75, 3.05) is 5.32 Å². The van der Waals surface area contributed by atoms with Crippen molar-refractivity contribution in [3.8, 4) is 0 Å². The summed E-state index contributed by atoms with van der Waals surface area (Å²) in [5, 5.41) is 9.16. The van der Waals surface area contributed by atoms with Gasteiger partial charge in [0.1, 0.15) is 6.04 Å². The van der Waals surface area contributed by atoms with Crippen molar-refractivity contribution in [1.29, 1.82) is 0 Å². The quantitative estimate of drug-likeness (QED) is 0.909. The van der Waals surface area contributed by atoms with Crippen LogP contribution in [-0.2, 0) is 4.79 Å². The van der Waals surface area contributed by atoms with Gasteiger partial charge < -0.3 is 10.6 Å². The van der Waals surface area contributed by atoms with Crippen LogP contribution in [0.25, 0.3) is 0 Å². The molecule has 0 radical (unpaired) electrons. The summed E-state index contributed by atoms with van der Waals surface area (Å²) >= 11 is 1.50. The van der Waals surface area contributed by atoms with Crippen molar-refractivity contribution in [1.82, 2.24) is 5.32 Å². The van der Waals surface area contributed by atoms with Gasteiger partial charge in [0.2, 0.25) is 5.91 Å². The van der Waals surface area contributed by atoms with Gasteiger partial charge in [-0.25, -0.2) is 0 Å². The first-order valence-corrected chi connectivity index (χ1v) is 7.21. The Bertz CT molecular complexity index is 608. The number of hydrogen-bond donors (Lipinski definition) is 2. The minimum Gasteiger partial charge on any atom is -0.341 e. The van der Waals surface area contributed by atoms with Gasteiger partial charge >= 0.3 is 0 Å². The van der Waals surface area contributed by atoms with Crippen LogP contribution >= 0.6 is 11.3 Å². The molecule has 5 heteroatoms. The van der Waals surface area contributed by atoms with Crippen LogP contribution in [0.15, 0.2) is 41.1 Å². The Balaban J connectivity index is 1.95. The number of carbonyl (C=O) groups excluding carboxylic acids is 2. The standard InChI is InChI=1S/C15H16N2O2S/c1-10-4-3-5-12(8-10)15(19)16-11(2)14(18)17-13-6-7-20-9-13/h3-9,11H,1-2H3,(H,16,19)(H,17,18)/t11-/m1/s1. The van der Waals surface area contributed by atoms with Crippen LogP contribution in [-0.4, -0.2) is 17.9 Å². The Morgan fingerprint density at radius 1 is 1.25 bits per heavy atom. The van der Waals surface area contributed by atoms with Crippen LogP contribution in [0.4, 0.5) is 5.69 Å². The van der Waals surface area contributed by atoms with Crippen molar-refractivity contribution in [2.24, 2.45) is 0 Å². The highest BCUT2D eigenvalue weighted by atomic mass is 32.1. The van der Waals surface area contributed by atoms with E-state index in [0.717, 1.165) is 11.3 Å². The average molecular weight is 288 g/mol. The second-order valence-electron chi connectivity index (χ2n) is 4.57. The third-order valence-corrected chi connectivity index (χ3v) is 3.49. The zero-order valence-corrected chi connectivity index (χ0v) is 12.2. The first kappa shape index (κ1) is 14.3. The molecule has 0 saturated carbocycles. The Hall–Kier alpha value is -2.14. The number of anilines is 1. The van der Waals surface area contributed by atoms with E-state index in [1.807, 2.05) is 35.9 Å². The van der Waals surface area contributed by atoms with Gasteiger partial charge in [0, 0.05) is 10.9 Å². The van der Waals surface area contributed by atoms with Gasteiger partial charge in [-0.2, -0.15) is 11.3 Å². The topological polar surface area (TPSA) is 58.2 Å². The fourth-order valence-electron chi connectivity index (χ4n) is 1.72. The molecule has 1 atom stereocenters. The van der Waals surface area contributed by atoms with E-state index in [1.54, 1.807) is 19.1 Å². The molecule has 4 nitrogen and oxygen atoms in total. The molecule has 0 bridgehead atoms. The molecule has 0 aliphatic heterocycles. The second kappa shape index (κ2) is 6.34. The Morgan fingerprint density at radius 3 is 2.70 bits per heavy atom. The van der Waals surface area contributed by atoms with Gasteiger partial charge in [-0.15, -0.1) is 0 Å². The Morgan fingerprint density at radius 2 is 2.05 bits per heavy atom. The summed E-state index contributed by atoms with van der Waals surface area (Å²) in [6.07, 6.45) is 0. The second-order valence-corrected chi connectivity index (χ2v) is 5.35. The van der Waals surface area contributed by atoms with Crippen LogP contribution < -0.4 is 10.6 Å². The molecule has 20 heavy (non-hydrogen) atoms. The molecule has 0 aliphatic rings. The van der Waals surface area contributed by atoms with E-state index in [1.165, 1.54) is 11.3 Å². The van der Waals surface area contributed by atoms with Crippen LogP contribution in [0, 0.1) is 6.92 Å². The highest BCUT2D eigenvalue weighted by Crippen LogP contribution is 2.12. The third-order valence-electron chi connectivity index (χ3n) is 2.81. The lowest BCUT2D eigenvalue weighted by atomic mass is 10.1. The van der Waals surface area contributed by atoms with Gasteiger partial charge in [0.05, 0.1) is 5.69 Å². The summed E-state index contributed by atoms with van der Waals surface area (Å²) in [7, 11) is 0. The molecule has 104 valence electrons. The number of benzene rings is 1. The van der Waals surface area contributed by atoms with Gasteiger partial charge in [-0.05, 0) is 37.4 Å². The summed E-state index contributed by atoms with van der Waals surface area (Å²) in [5.41, 5.74) is 2.31. The van der Waals surface area contributed by atoms with Crippen molar-refractivity contribution < 1.29 is 9.59 Å². The zero-order chi connectivity index (χ0) is 14.5. The minimum atomic E-state index is -0.595. The van der Waals surface area contributed by atoms with Crippen LogP contribution in [0.1, 0.15) is 22.8 Å². The van der Waals surface area contributed by atoms with Crippen LogP contribution in [0.3, 0.4) is 0 Å². The number of carbonyl (C=O) groups is 2. The fourth-order valence-corrected chi connectivity index (χ4v) is 2.31. The summed E-state index contributed by atoms with van der Waals surface area (Å²) in [6.45, 7) is 3.58. The predicted molar refractivity (Wildman–Crippen MR) is 81.1 cm³/mol. The van der Waals surface area contributed by atoms with Crippen molar-refractivity contribution in [3.05, 3.63) is 52.2 Å². The molecule has 0 unspecified atom stereocenters. The molecule has 1 aromatic carbocycles. The third kappa shape index (κ3) is 3.68. The first-order chi connectivity index (χ1) is 9.56. The maximum Gasteiger partial charge on any atom is 0.251 e. The maximum atomic E-state index is 12.0. The molecule has 2 amide bonds. The molecule has 2 rings (SSSR count). The number of rotatable bonds is 4. The summed E-state index contributed by atoms with van der Waals surface area (Å²) < 4.78 is 0. The van der Waals surface area contributed by atoms with E-state index >= 15 is 0 Å². The highest BCUT2D eigenvalue weighted by molar-refractivity contribution is 7.08.